The molecule has 0 spiro atoms. The molecule has 27 heavy (non-hydrogen) atoms. The standard InChI is InChI=1S/C20H24N4O3/c1-13(25)21-10-15-4-6-24-18(9-15)17(12-23-24)20(26)22-11-14-2-3-19-16(8-14)5-7-27-19/h2-3,8,12,15H,4-7,9-11H2,1H3,(H,21,25)(H,22,26). The molecule has 0 fully saturated rings. The largest absolute Gasteiger partial charge is 0.493 e. The van der Waals surface area contributed by atoms with Gasteiger partial charge in [0.25, 0.3) is 5.91 Å². The van der Waals surface area contributed by atoms with Gasteiger partial charge in [0.05, 0.1) is 24.1 Å². The van der Waals surface area contributed by atoms with Crippen LogP contribution in [0, 0.1) is 5.92 Å². The van der Waals surface area contributed by atoms with E-state index in [0.29, 0.717) is 24.6 Å². The second kappa shape index (κ2) is 7.42. The molecule has 1 unspecified atom stereocenters. The van der Waals surface area contributed by atoms with Crippen molar-refractivity contribution in [2.45, 2.75) is 39.3 Å². The minimum atomic E-state index is -0.104. The second-order valence-electron chi connectivity index (χ2n) is 7.25. The summed E-state index contributed by atoms with van der Waals surface area (Å²) in [5, 5.41) is 10.2. The van der Waals surface area contributed by atoms with Gasteiger partial charge in [0.2, 0.25) is 5.91 Å². The summed E-state index contributed by atoms with van der Waals surface area (Å²) in [5.41, 5.74) is 3.85. The fourth-order valence-electron chi connectivity index (χ4n) is 3.78. The molecule has 7 heteroatoms. The molecule has 2 aromatic rings. The number of hydrogen-bond donors (Lipinski definition) is 2. The van der Waals surface area contributed by atoms with Crippen LogP contribution >= 0.6 is 0 Å². The maximum atomic E-state index is 12.7. The summed E-state index contributed by atoms with van der Waals surface area (Å²) < 4.78 is 7.43. The van der Waals surface area contributed by atoms with Gasteiger partial charge in [0, 0.05) is 33.0 Å². The Bertz CT molecular complexity index is 874. The van der Waals surface area contributed by atoms with Crippen LogP contribution in [-0.4, -0.2) is 34.7 Å². The molecule has 0 bridgehead atoms. The van der Waals surface area contributed by atoms with Crippen molar-refractivity contribution in [2.75, 3.05) is 13.2 Å². The lowest BCUT2D eigenvalue weighted by Crippen LogP contribution is -2.33. The van der Waals surface area contributed by atoms with E-state index in [1.807, 2.05) is 16.8 Å². The highest BCUT2D eigenvalue weighted by Crippen LogP contribution is 2.26. The number of aromatic nitrogens is 2. The number of hydrogen-bond acceptors (Lipinski definition) is 4. The minimum Gasteiger partial charge on any atom is -0.493 e. The van der Waals surface area contributed by atoms with Crippen LogP contribution in [0.25, 0.3) is 0 Å². The van der Waals surface area contributed by atoms with Crippen LogP contribution in [0.3, 0.4) is 0 Å². The Labute approximate surface area is 158 Å². The lowest BCUT2D eigenvalue weighted by molar-refractivity contribution is -0.119. The average molecular weight is 368 g/mol. The molecule has 2 N–H and O–H groups in total. The molecule has 0 saturated carbocycles. The fourth-order valence-corrected chi connectivity index (χ4v) is 3.78. The number of carbonyl (C=O) groups is 2. The lowest BCUT2D eigenvalue weighted by Gasteiger charge is -2.24. The van der Waals surface area contributed by atoms with Crippen LogP contribution < -0.4 is 15.4 Å². The van der Waals surface area contributed by atoms with Gasteiger partial charge in [0.15, 0.2) is 0 Å². The molecule has 2 aliphatic rings. The van der Waals surface area contributed by atoms with E-state index in [4.69, 9.17) is 4.74 Å². The first-order valence-electron chi connectivity index (χ1n) is 9.42. The maximum absolute atomic E-state index is 12.7. The number of amides is 2. The molecule has 142 valence electrons. The predicted octanol–water partition coefficient (Wildman–Crippen LogP) is 1.45. The van der Waals surface area contributed by atoms with Crippen molar-refractivity contribution in [3.05, 3.63) is 46.8 Å². The highest BCUT2D eigenvalue weighted by atomic mass is 16.5. The molecule has 2 aliphatic heterocycles. The van der Waals surface area contributed by atoms with Crippen LogP contribution in [0.4, 0.5) is 0 Å². The van der Waals surface area contributed by atoms with E-state index in [9.17, 15) is 9.59 Å². The van der Waals surface area contributed by atoms with Crippen molar-refractivity contribution in [3.8, 4) is 5.75 Å². The molecule has 0 aliphatic carbocycles. The Morgan fingerprint density at radius 2 is 2.22 bits per heavy atom. The first-order chi connectivity index (χ1) is 13.1. The van der Waals surface area contributed by atoms with Crippen molar-refractivity contribution >= 4 is 11.8 Å². The SMILES string of the molecule is CC(=O)NCC1CCn2ncc(C(=O)NCc3ccc4c(c3)CCO4)c2C1. The quantitative estimate of drug-likeness (QED) is 0.836. The van der Waals surface area contributed by atoms with E-state index in [-0.39, 0.29) is 11.8 Å². The van der Waals surface area contributed by atoms with Crippen LogP contribution in [0.2, 0.25) is 0 Å². The first kappa shape index (κ1) is 17.6. The van der Waals surface area contributed by atoms with Crippen LogP contribution in [-0.2, 0) is 30.7 Å². The zero-order valence-electron chi connectivity index (χ0n) is 15.5. The Balaban J connectivity index is 1.40. The monoisotopic (exact) mass is 368 g/mol. The molecule has 1 aromatic carbocycles. The Kier molecular flexibility index (Phi) is 4.83. The van der Waals surface area contributed by atoms with Gasteiger partial charge in [-0.2, -0.15) is 5.10 Å². The third-order valence-electron chi connectivity index (χ3n) is 5.27. The molecule has 1 aromatic heterocycles. The average Bonchev–Trinajstić information content (AvgIpc) is 3.30. The number of ether oxygens (including phenoxy) is 1. The van der Waals surface area contributed by atoms with Gasteiger partial charge in [-0.25, -0.2) is 0 Å². The number of benzene rings is 1. The zero-order valence-corrected chi connectivity index (χ0v) is 15.5. The van der Waals surface area contributed by atoms with E-state index >= 15 is 0 Å². The highest BCUT2D eigenvalue weighted by molar-refractivity contribution is 5.95. The molecule has 0 saturated heterocycles. The van der Waals surface area contributed by atoms with E-state index < -0.39 is 0 Å². The molecular weight excluding hydrogens is 344 g/mol. The van der Waals surface area contributed by atoms with E-state index in [1.54, 1.807) is 6.20 Å². The number of carbonyl (C=O) groups excluding carboxylic acids is 2. The van der Waals surface area contributed by atoms with Crippen LogP contribution in [0.15, 0.2) is 24.4 Å². The van der Waals surface area contributed by atoms with Gasteiger partial charge in [-0.15, -0.1) is 0 Å². The van der Waals surface area contributed by atoms with Gasteiger partial charge in [-0.3, -0.25) is 14.3 Å². The van der Waals surface area contributed by atoms with Gasteiger partial charge < -0.3 is 15.4 Å². The van der Waals surface area contributed by atoms with Crippen molar-refractivity contribution in [1.82, 2.24) is 20.4 Å². The van der Waals surface area contributed by atoms with Crippen molar-refractivity contribution in [1.29, 1.82) is 0 Å². The lowest BCUT2D eigenvalue weighted by atomic mass is 9.94. The topological polar surface area (TPSA) is 85.2 Å². The zero-order chi connectivity index (χ0) is 18.8. The number of fused-ring (bicyclic) bond motifs is 2. The molecule has 4 rings (SSSR count). The highest BCUT2D eigenvalue weighted by Gasteiger charge is 2.25. The van der Waals surface area contributed by atoms with E-state index in [2.05, 4.69) is 21.8 Å². The number of rotatable bonds is 5. The molecule has 0 radical (unpaired) electrons. The number of nitrogens with zero attached hydrogens (tertiary/aromatic N) is 2. The maximum Gasteiger partial charge on any atom is 0.255 e. The van der Waals surface area contributed by atoms with Crippen molar-refractivity contribution in [2.24, 2.45) is 5.92 Å². The molecule has 2 amide bonds. The van der Waals surface area contributed by atoms with Gasteiger partial charge in [0.1, 0.15) is 5.75 Å². The van der Waals surface area contributed by atoms with Gasteiger partial charge in [-0.05, 0) is 36.0 Å². The molecular formula is C20H24N4O3. The van der Waals surface area contributed by atoms with E-state index in [1.165, 1.54) is 12.5 Å². The summed E-state index contributed by atoms with van der Waals surface area (Å²) in [6, 6.07) is 6.05. The van der Waals surface area contributed by atoms with Crippen LogP contribution in [0.1, 0.15) is 40.5 Å². The normalized spacial score (nSPS) is 17.6. The van der Waals surface area contributed by atoms with E-state index in [0.717, 1.165) is 49.4 Å². The Hall–Kier alpha value is -2.83. The predicted molar refractivity (Wildman–Crippen MR) is 99.5 cm³/mol. The minimum absolute atomic E-state index is 0.0215. The molecule has 1 atom stereocenters. The smallest absolute Gasteiger partial charge is 0.255 e. The van der Waals surface area contributed by atoms with Gasteiger partial charge >= 0.3 is 0 Å². The third-order valence-corrected chi connectivity index (χ3v) is 5.27. The number of nitrogens with one attached hydrogen (secondary N) is 2. The summed E-state index contributed by atoms with van der Waals surface area (Å²) in [5.74, 6) is 1.15. The Morgan fingerprint density at radius 1 is 1.33 bits per heavy atom. The van der Waals surface area contributed by atoms with Crippen molar-refractivity contribution < 1.29 is 14.3 Å². The Morgan fingerprint density at radius 3 is 3.07 bits per heavy atom. The number of aryl methyl sites for hydroxylation is 1. The third kappa shape index (κ3) is 3.82. The van der Waals surface area contributed by atoms with Crippen LogP contribution in [0.5, 0.6) is 5.75 Å². The summed E-state index contributed by atoms with van der Waals surface area (Å²) >= 11 is 0. The fraction of sp³-hybridized carbons (Fsp3) is 0.450. The van der Waals surface area contributed by atoms with Gasteiger partial charge in [-0.1, -0.05) is 12.1 Å². The summed E-state index contributed by atoms with van der Waals surface area (Å²) in [7, 11) is 0. The molecule has 7 nitrogen and oxygen atoms in total. The second-order valence-corrected chi connectivity index (χ2v) is 7.25. The van der Waals surface area contributed by atoms with Crippen molar-refractivity contribution in [3.63, 3.8) is 0 Å². The summed E-state index contributed by atoms with van der Waals surface area (Å²) in [4.78, 5) is 23.8. The first-order valence-corrected chi connectivity index (χ1v) is 9.42. The summed E-state index contributed by atoms with van der Waals surface area (Å²) in [6.45, 7) is 4.15. The summed E-state index contributed by atoms with van der Waals surface area (Å²) in [6.07, 6.45) is 4.28. The molecule has 3 heterocycles.